The Morgan fingerprint density at radius 3 is 2.13 bits per heavy atom. The fraction of sp³-hybridized carbons (Fsp3) is 0.467. The normalized spacial score (nSPS) is 18.1. The summed E-state index contributed by atoms with van der Waals surface area (Å²) in [6, 6.07) is 6.65. The molecule has 0 saturated heterocycles. The standard InChI is InChI=1S/C15H20/c1-11-7-9-14(10-8-11)15-12(2)5-4-6-13(15)3/h4-6,14H,1,7-10H2,2-3H3. The minimum Gasteiger partial charge on any atom is -0.0999 e. The summed E-state index contributed by atoms with van der Waals surface area (Å²) in [7, 11) is 0. The molecule has 0 amide bonds. The van der Waals surface area contributed by atoms with Crippen LogP contribution in [0.25, 0.3) is 0 Å². The third-order valence-corrected chi connectivity index (χ3v) is 3.64. The van der Waals surface area contributed by atoms with Gasteiger partial charge in [0.1, 0.15) is 0 Å². The van der Waals surface area contributed by atoms with Gasteiger partial charge in [0.2, 0.25) is 0 Å². The Hall–Kier alpha value is -1.04. The fourth-order valence-electron chi connectivity index (χ4n) is 2.79. The topological polar surface area (TPSA) is 0 Å². The molecule has 0 N–H and O–H groups in total. The molecule has 0 bridgehead atoms. The maximum Gasteiger partial charge on any atom is -0.0151 e. The lowest BCUT2D eigenvalue weighted by atomic mass is 9.79. The van der Waals surface area contributed by atoms with Crippen LogP contribution < -0.4 is 0 Å². The number of aryl methyl sites for hydroxylation is 2. The highest BCUT2D eigenvalue weighted by Crippen LogP contribution is 2.37. The summed E-state index contributed by atoms with van der Waals surface area (Å²) in [5, 5.41) is 0. The van der Waals surface area contributed by atoms with E-state index in [9.17, 15) is 0 Å². The smallest absolute Gasteiger partial charge is 0.0151 e. The highest BCUT2D eigenvalue weighted by Gasteiger charge is 2.19. The van der Waals surface area contributed by atoms with Gasteiger partial charge in [-0.3, -0.25) is 0 Å². The van der Waals surface area contributed by atoms with Gasteiger partial charge in [0.05, 0.1) is 0 Å². The summed E-state index contributed by atoms with van der Waals surface area (Å²) in [5.41, 5.74) is 5.97. The number of benzene rings is 1. The number of rotatable bonds is 1. The van der Waals surface area contributed by atoms with Crippen LogP contribution in [0.2, 0.25) is 0 Å². The molecule has 0 spiro atoms. The molecule has 0 heteroatoms. The highest BCUT2D eigenvalue weighted by atomic mass is 14.2. The highest BCUT2D eigenvalue weighted by molar-refractivity contribution is 5.37. The van der Waals surface area contributed by atoms with E-state index in [1.54, 1.807) is 5.56 Å². The van der Waals surface area contributed by atoms with Crippen molar-refractivity contribution >= 4 is 0 Å². The lowest BCUT2D eigenvalue weighted by Gasteiger charge is -2.26. The Bertz CT molecular complexity index is 343. The summed E-state index contributed by atoms with van der Waals surface area (Å²) in [5.74, 6) is 0.775. The van der Waals surface area contributed by atoms with Crippen molar-refractivity contribution in [2.24, 2.45) is 0 Å². The molecule has 0 unspecified atom stereocenters. The summed E-state index contributed by atoms with van der Waals surface area (Å²) in [4.78, 5) is 0. The predicted octanol–water partition coefficient (Wildman–Crippen LogP) is 4.52. The molecule has 1 aromatic rings. The lowest BCUT2D eigenvalue weighted by Crippen LogP contribution is -2.09. The van der Waals surface area contributed by atoms with Gasteiger partial charge in [0.25, 0.3) is 0 Å². The molecule has 15 heavy (non-hydrogen) atoms. The molecule has 2 rings (SSSR count). The van der Waals surface area contributed by atoms with E-state index in [0.717, 1.165) is 5.92 Å². The second kappa shape index (κ2) is 4.22. The van der Waals surface area contributed by atoms with Gasteiger partial charge in [0.15, 0.2) is 0 Å². The van der Waals surface area contributed by atoms with Gasteiger partial charge in [-0.15, -0.1) is 0 Å². The van der Waals surface area contributed by atoms with Gasteiger partial charge in [0, 0.05) is 0 Å². The Labute approximate surface area is 93.0 Å². The average Bonchev–Trinajstić information content (AvgIpc) is 2.20. The fourth-order valence-corrected chi connectivity index (χ4v) is 2.79. The van der Waals surface area contributed by atoms with E-state index >= 15 is 0 Å². The van der Waals surface area contributed by atoms with Crippen molar-refractivity contribution in [3.63, 3.8) is 0 Å². The van der Waals surface area contributed by atoms with Crippen molar-refractivity contribution in [1.82, 2.24) is 0 Å². The summed E-state index contributed by atoms with van der Waals surface area (Å²) in [6.45, 7) is 8.57. The van der Waals surface area contributed by atoms with Gasteiger partial charge in [-0.25, -0.2) is 0 Å². The number of allylic oxidation sites excluding steroid dienone is 1. The van der Waals surface area contributed by atoms with Gasteiger partial charge in [-0.2, -0.15) is 0 Å². The third kappa shape index (κ3) is 2.14. The molecular formula is C15H20. The Balaban J connectivity index is 2.26. The van der Waals surface area contributed by atoms with Gasteiger partial charge in [-0.05, 0) is 62.1 Å². The average molecular weight is 200 g/mol. The van der Waals surface area contributed by atoms with Crippen LogP contribution in [-0.4, -0.2) is 0 Å². The van der Waals surface area contributed by atoms with Gasteiger partial charge in [-0.1, -0.05) is 30.4 Å². The van der Waals surface area contributed by atoms with Crippen molar-refractivity contribution in [2.45, 2.75) is 45.4 Å². The van der Waals surface area contributed by atoms with Crippen LogP contribution in [0.4, 0.5) is 0 Å². The first-order valence-corrected chi connectivity index (χ1v) is 5.91. The molecule has 1 saturated carbocycles. The monoisotopic (exact) mass is 200 g/mol. The van der Waals surface area contributed by atoms with Gasteiger partial charge < -0.3 is 0 Å². The molecular weight excluding hydrogens is 180 g/mol. The van der Waals surface area contributed by atoms with Crippen molar-refractivity contribution in [3.05, 3.63) is 47.0 Å². The minimum absolute atomic E-state index is 0.775. The molecule has 0 heterocycles. The van der Waals surface area contributed by atoms with E-state index in [2.05, 4.69) is 38.6 Å². The Morgan fingerprint density at radius 2 is 1.60 bits per heavy atom. The maximum absolute atomic E-state index is 4.09. The zero-order chi connectivity index (χ0) is 10.8. The molecule has 0 atom stereocenters. The van der Waals surface area contributed by atoms with E-state index < -0.39 is 0 Å². The molecule has 0 aromatic heterocycles. The quantitative estimate of drug-likeness (QED) is 0.585. The van der Waals surface area contributed by atoms with Crippen LogP contribution in [0.5, 0.6) is 0 Å². The number of hydrogen-bond donors (Lipinski definition) is 0. The van der Waals surface area contributed by atoms with E-state index in [4.69, 9.17) is 0 Å². The van der Waals surface area contributed by atoms with Crippen molar-refractivity contribution in [2.75, 3.05) is 0 Å². The van der Waals surface area contributed by atoms with E-state index in [-0.39, 0.29) is 0 Å². The molecule has 0 nitrogen and oxygen atoms in total. The molecule has 1 aliphatic carbocycles. The molecule has 1 fully saturated rings. The van der Waals surface area contributed by atoms with E-state index in [1.165, 1.54) is 42.4 Å². The first-order valence-electron chi connectivity index (χ1n) is 5.91. The first kappa shape index (κ1) is 10.5. The van der Waals surface area contributed by atoms with E-state index in [1.807, 2.05) is 0 Å². The summed E-state index contributed by atoms with van der Waals surface area (Å²) >= 11 is 0. The summed E-state index contributed by atoms with van der Waals surface area (Å²) < 4.78 is 0. The zero-order valence-electron chi connectivity index (χ0n) is 9.84. The minimum atomic E-state index is 0.775. The molecule has 0 aliphatic heterocycles. The number of hydrogen-bond acceptors (Lipinski definition) is 0. The zero-order valence-corrected chi connectivity index (χ0v) is 9.84. The molecule has 80 valence electrons. The maximum atomic E-state index is 4.09. The Morgan fingerprint density at radius 1 is 1.07 bits per heavy atom. The SMILES string of the molecule is C=C1CCC(c2c(C)cccc2C)CC1. The van der Waals surface area contributed by atoms with Gasteiger partial charge >= 0.3 is 0 Å². The lowest BCUT2D eigenvalue weighted by molar-refractivity contribution is 0.514. The first-order chi connectivity index (χ1) is 7.18. The van der Waals surface area contributed by atoms with Crippen molar-refractivity contribution < 1.29 is 0 Å². The second-order valence-electron chi connectivity index (χ2n) is 4.83. The van der Waals surface area contributed by atoms with Crippen LogP contribution >= 0.6 is 0 Å². The van der Waals surface area contributed by atoms with Crippen LogP contribution in [0.15, 0.2) is 30.4 Å². The second-order valence-corrected chi connectivity index (χ2v) is 4.83. The van der Waals surface area contributed by atoms with Crippen LogP contribution in [0.3, 0.4) is 0 Å². The van der Waals surface area contributed by atoms with E-state index in [0.29, 0.717) is 0 Å². The van der Waals surface area contributed by atoms with Crippen LogP contribution in [0, 0.1) is 13.8 Å². The Kier molecular flexibility index (Phi) is 2.95. The summed E-state index contributed by atoms with van der Waals surface area (Å²) in [6.07, 6.45) is 5.03. The van der Waals surface area contributed by atoms with Crippen molar-refractivity contribution in [1.29, 1.82) is 0 Å². The predicted molar refractivity (Wildman–Crippen MR) is 66.3 cm³/mol. The molecule has 1 aliphatic rings. The molecule has 1 aromatic carbocycles. The van der Waals surface area contributed by atoms with Crippen molar-refractivity contribution in [3.8, 4) is 0 Å². The third-order valence-electron chi connectivity index (χ3n) is 3.64. The van der Waals surface area contributed by atoms with Crippen LogP contribution in [0.1, 0.15) is 48.3 Å². The molecule has 0 radical (unpaired) electrons. The largest absolute Gasteiger partial charge is 0.0999 e. The van der Waals surface area contributed by atoms with Crippen LogP contribution in [-0.2, 0) is 0 Å².